The molecule has 2 atom stereocenters. The molecule has 1 amide bonds. The van der Waals surface area contributed by atoms with Crippen molar-refractivity contribution in [3.05, 3.63) is 35.9 Å². The maximum absolute atomic E-state index is 13.7. The SMILES string of the molecule is O=C(NC1CCC(O)(C(F)(F)F)CC1)[C@H]1CCN(Cc2ccccc2)[C@@H](C(F)(F)F)C1. The summed E-state index contributed by atoms with van der Waals surface area (Å²) in [6.45, 7) is 0.216. The third-order valence-corrected chi connectivity index (χ3v) is 6.38. The Bertz CT molecular complexity index is 744. The van der Waals surface area contributed by atoms with Crippen LogP contribution in [0.3, 0.4) is 0 Å². The van der Waals surface area contributed by atoms with Crippen molar-refractivity contribution in [3.63, 3.8) is 0 Å². The fraction of sp³-hybridized carbons (Fsp3) is 0.667. The first-order valence-corrected chi connectivity index (χ1v) is 10.3. The van der Waals surface area contributed by atoms with Gasteiger partial charge in [0.25, 0.3) is 0 Å². The van der Waals surface area contributed by atoms with Crippen molar-refractivity contribution >= 4 is 5.91 Å². The zero-order valence-electron chi connectivity index (χ0n) is 16.8. The van der Waals surface area contributed by atoms with Crippen LogP contribution in [0.1, 0.15) is 44.1 Å². The van der Waals surface area contributed by atoms with E-state index in [0.717, 1.165) is 5.56 Å². The van der Waals surface area contributed by atoms with Gasteiger partial charge in [0.15, 0.2) is 5.60 Å². The Balaban J connectivity index is 1.58. The summed E-state index contributed by atoms with van der Waals surface area (Å²) in [5.41, 5.74) is -2.02. The number of benzene rings is 1. The Morgan fingerprint density at radius 3 is 2.23 bits per heavy atom. The number of piperidine rings is 1. The highest BCUT2D eigenvalue weighted by Gasteiger charge is 2.55. The molecule has 1 saturated carbocycles. The van der Waals surface area contributed by atoms with Crippen LogP contribution in [0.5, 0.6) is 0 Å². The average Bonchev–Trinajstić information content (AvgIpc) is 2.69. The maximum atomic E-state index is 13.7. The van der Waals surface area contributed by atoms with Gasteiger partial charge in [-0.25, -0.2) is 0 Å². The summed E-state index contributed by atoms with van der Waals surface area (Å²) in [5.74, 6) is -1.42. The second kappa shape index (κ2) is 8.97. The largest absolute Gasteiger partial charge is 0.417 e. The summed E-state index contributed by atoms with van der Waals surface area (Å²) in [6, 6.07) is 6.43. The molecule has 10 heteroatoms. The maximum Gasteiger partial charge on any atom is 0.417 e. The summed E-state index contributed by atoms with van der Waals surface area (Å²) in [5, 5.41) is 12.3. The highest BCUT2D eigenvalue weighted by Crippen LogP contribution is 2.41. The van der Waals surface area contributed by atoms with Crippen molar-refractivity contribution in [2.45, 2.75) is 75.1 Å². The normalized spacial score (nSPS) is 30.7. The summed E-state index contributed by atoms with van der Waals surface area (Å²) in [6.07, 6.45) is -10.6. The zero-order valence-corrected chi connectivity index (χ0v) is 16.8. The monoisotopic (exact) mass is 452 g/mol. The van der Waals surface area contributed by atoms with E-state index in [1.807, 2.05) is 0 Å². The summed E-state index contributed by atoms with van der Waals surface area (Å²) in [7, 11) is 0. The minimum Gasteiger partial charge on any atom is -0.380 e. The third-order valence-electron chi connectivity index (χ3n) is 6.38. The molecule has 1 aromatic carbocycles. The van der Waals surface area contributed by atoms with Crippen LogP contribution in [-0.2, 0) is 11.3 Å². The second-order valence-electron chi connectivity index (χ2n) is 8.55. The lowest BCUT2D eigenvalue weighted by Crippen LogP contribution is -2.54. The molecule has 1 heterocycles. The first-order valence-electron chi connectivity index (χ1n) is 10.3. The standard InChI is InChI=1S/C21H26F6N2O2/c22-20(23,24)17-12-15(8-11-29(17)13-14-4-2-1-3-5-14)18(30)28-16-6-9-19(31,10-7-16)21(25,26)27/h1-5,15-17,31H,6-13H2,(H,28,30)/t15-,16?,17+,19?/m0/s1. The molecular formula is C21H26F6N2O2. The van der Waals surface area contributed by atoms with Crippen molar-refractivity contribution in [1.29, 1.82) is 0 Å². The molecule has 1 aromatic rings. The molecule has 4 nitrogen and oxygen atoms in total. The number of carbonyl (C=O) groups excluding carboxylic acids is 1. The van der Waals surface area contributed by atoms with E-state index < -0.39 is 54.7 Å². The number of likely N-dealkylation sites (tertiary alicyclic amines) is 1. The molecule has 0 aromatic heterocycles. The lowest BCUT2D eigenvalue weighted by atomic mass is 9.81. The predicted molar refractivity (Wildman–Crippen MR) is 101 cm³/mol. The Labute approximate surface area is 176 Å². The third kappa shape index (κ3) is 5.71. The quantitative estimate of drug-likeness (QED) is 0.674. The molecular weight excluding hydrogens is 426 g/mol. The fourth-order valence-corrected chi connectivity index (χ4v) is 4.44. The Morgan fingerprint density at radius 2 is 1.68 bits per heavy atom. The van der Waals surface area contributed by atoms with Crippen LogP contribution in [0.15, 0.2) is 30.3 Å². The van der Waals surface area contributed by atoms with E-state index in [1.165, 1.54) is 4.90 Å². The Hall–Kier alpha value is -1.81. The van der Waals surface area contributed by atoms with E-state index in [0.29, 0.717) is 0 Å². The van der Waals surface area contributed by atoms with Crippen molar-refractivity contribution in [2.24, 2.45) is 5.92 Å². The van der Waals surface area contributed by atoms with Crippen LogP contribution < -0.4 is 5.32 Å². The Kier molecular flexibility index (Phi) is 6.90. The van der Waals surface area contributed by atoms with Crippen LogP contribution in [0.4, 0.5) is 26.3 Å². The Morgan fingerprint density at radius 1 is 1.06 bits per heavy atom. The van der Waals surface area contributed by atoms with Crippen molar-refractivity contribution in [3.8, 4) is 0 Å². The smallest absolute Gasteiger partial charge is 0.380 e. The molecule has 0 bridgehead atoms. The van der Waals surface area contributed by atoms with Crippen LogP contribution in [0, 0.1) is 5.92 Å². The van der Waals surface area contributed by atoms with Crippen molar-refractivity contribution in [1.82, 2.24) is 10.2 Å². The minimum atomic E-state index is -4.74. The van der Waals surface area contributed by atoms with Crippen molar-refractivity contribution in [2.75, 3.05) is 6.54 Å². The van der Waals surface area contributed by atoms with Gasteiger partial charge < -0.3 is 10.4 Å². The number of nitrogens with one attached hydrogen (secondary N) is 1. The number of alkyl halides is 6. The van der Waals surface area contributed by atoms with E-state index in [1.54, 1.807) is 30.3 Å². The van der Waals surface area contributed by atoms with E-state index >= 15 is 0 Å². The number of amides is 1. The number of hydrogen-bond acceptors (Lipinski definition) is 3. The molecule has 31 heavy (non-hydrogen) atoms. The van der Waals surface area contributed by atoms with Gasteiger partial charge in [0.1, 0.15) is 6.04 Å². The van der Waals surface area contributed by atoms with Crippen LogP contribution in [-0.4, -0.2) is 52.5 Å². The number of carbonyl (C=O) groups is 1. The molecule has 0 unspecified atom stereocenters. The summed E-state index contributed by atoms with van der Waals surface area (Å²) >= 11 is 0. The number of hydrogen-bond donors (Lipinski definition) is 2. The molecule has 2 fully saturated rings. The fourth-order valence-electron chi connectivity index (χ4n) is 4.44. The molecule has 2 N–H and O–H groups in total. The van der Waals surface area contributed by atoms with Gasteiger partial charge in [-0.15, -0.1) is 0 Å². The van der Waals surface area contributed by atoms with Crippen LogP contribution >= 0.6 is 0 Å². The molecule has 0 radical (unpaired) electrons. The predicted octanol–water partition coefficient (Wildman–Crippen LogP) is 4.18. The molecule has 3 rings (SSSR count). The first-order chi connectivity index (χ1) is 14.4. The second-order valence-corrected chi connectivity index (χ2v) is 8.55. The van der Waals surface area contributed by atoms with Gasteiger partial charge in [0.05, 0.1) is 0 Å². The van der Waals surface area contributed by atoms with Gasteiger partial charge in [0.2, 0.25) is 5.91 Å². The van der Waals surface area contributed by atoms with E-state index in [9.17, 15) is 36.2 Å². The van der Waals surface area contributed by atoms with Gasteiger partial charge in [-0.1, -0.05) is 30.3 Å². The van der Waals surface area contributed by atoms with E-state index in [4.69, 9.17) is 0 Å². The number of halogens is 6. The lowest BCUT2D eigenvalue weighted by Gasteiger charge is -2.41. The number of rotatable bonds is 4. The van der Waals surface area contributed by atoms with Gasteiger partial charge >= 0.3 is 12.4 Å². The van der Waals surface area contributed by atoms with Gasteiger partial charge in [0, 0.05) is 18.5 Å². The molecule has 174 valence electrons. The minimum absolute atomic E-state index is 0.0721. The van der Waals surface area contributed by atoms with Crippen LogP contribution in [0.25, 0.3) is 0 Å². The molecule has 2 aliphatic rings. The highest BCUT2D eigenvalue weighted by atomic mass is 19.4. The lowest BCUT2D eigenvalue weighted by molar-refractivity contribution is -0.270. The van der Waals surface area contributed by atoms with E-state index in [2.05, 4.69) is 5.32 Å². The van der Waals surface area contributed by atoms with Crippen LogP contribution in [0.2, 0.25) is 0 Å². The van der Waals surface area contributed by atoms with Gasteiger partial charge in [-0.05, 0) is 50.6 Å². The number of aliphatic hydroxyl groups is 1. The molecule has 1 aliphatic heterocycles. The molecule has 1 aliphatic carbocycles. The summed E-state index contributed by atoms with van der Waals surface area (Å²) in [4.78, 5) is 13.9. The van der Waals surface area contributed by atoms with Gasteiger partial charge in [-0.2, -0.15) is 26.3 Å². The molecule has 0 spiro atoms. The van der Waals surface area contributed by atoms with Crippen molar-refractivity contribution < 1.29 is 36.2 Å². The topological polar surface area (TPSA) is 52.6 Å². The zero-order chi connectivity index (χ0) is 22.9. The first kappa shape index (κ1) is 23.8. The highest BCUT2D eigenvalue weighted by molar-refractivity contribution is 5.79. The summed E-state index contributed by atoms with van der Waals surface area (Å²) < 4.78 is 79.8. The average molecular weight is 452 g/mol. The molecule has 1 saturated heterocycles. The number of nitrogens with zero attached hydrogens (tertiary/aromatic N) is 1. The van der Waals surface area contributed by atoms with E-state index in [-0.39, 0.29) is 38.8 Å². The van der Waals surface area contributed by atoms with Gasteiger partial charge in [-0.3, -0.25) is 9.69 Å².